The van der Waals surface area contributed by atoms with Gasteiger partial charge in [-0.15, -0.1) is 0 Å². The maximum Gasteiger partial charge on any atom is 0.230 e. The molecule has 2 aromatic carbocycles. The van der Waals surface area contributed by atoms with E-state index in [0.717, 1.165) is 34.7 Å². The minimum Gasteiger partial charge on any atom is -0.493 e. The highest BCUT2D eigenvalue weighted by molar-refractivity contribution is 7.99. The van der Waals surface area contributed by atoms with E-state index in [1.54, 1.807) is 14.2 Å². The molecule has 1 amide bonds. The first-order chi connectivity index (χ1) is 14.7. The second kappa shape index (κ2) is 10.9. The summed E-state index contributed by atoms with van der Waals surface area (Å²) in [6, 6.07) is 13.8. The zero-order valence-corrected chi connectivity index (χ0v) is 18.6. The van der Waals surface area contributed by atoms with Crippen molar-refractivity contribution >= 4 is 28.7 Å². The molecule has 0 spiro atoms. The highest BCUT2D eigenvalue weighted by Gasteiger charge is 2.13. The van der Waals surface area contributed by atoms with Crippen LogP contribution in [0.15, 0.2) is 47.6 Å². The van der Waals surface area contributed by atoms with Crippen molar-refractivity contribution < 1.29 is 14.3 Å². The van der Waals surface area contributed by atoms with Crippen LogP contribution in [0.2, 0.25) is 0 Å². The van der Waals surface area contributed by atoms with Gasteiger partial charge in [-0.05, 0) is 36.2 Å². The lowest BCUT2D eigenvalue weighted by Gasteiger charge is -2.11. The van der Waals surface area contributed by atoms with E-state index in [0.29, 0.717) is 23.8 Å². The minimum absolute atomic E-state index is 0.0260. The standard InChI is InChI=1S/C23H29N3O3S/c1-4-5-8-13-26-19-10-7-6-9-18(19)25-23(26)30-16-22(27)24-15-17-11-12-20(28-2)21(14-17)29-3/h6-7,9-12,14H,4-5,8,13,15-16H2,1-3H3,(H,24,27). The summed E-state index contributed by atoms with van der Waals surface area (Å²) >= 11 is 1.48. The molecule has 1 N–H and O–H groups in total. The van der Waals surface area contributed by atoms with Crippen molar-refractivity contribution in [2.45, 2.75) is 44.4 Å². The lowest BCUT2D eigenvalue weighted by atomic mass is 10.2. The van der Waals surface area contributed by atoms with Crippen molar-refractivity contribution in [1.29, 1.82) is 0 Å². The van der Waals surface area contributed by atoms with E-state index >= 15 is 0 Å². The molecule has 0 saturated heterocycles. The molecule has 0 aliphatic carbocycles. The topological polar surface area (TPSA) is 65.4 Å². The van der Waals surface area contributed by atoms with Gasteiger partial charge in [-0.1, -0.05) is 49.7 Å². The number of carbonyl (C=O) groups excluding carboxylic acids is 1. The zero-order chi connectivity index (χ0) is 21.3. The number of ether oxygens (including phenoxy) is 2. The van der Waals surface area contributed by atoms with E-state index in [4.69, 9.17) is 14.5 Å². The van der Waals surface area contributed by atoms with Crippen molar-refractivity contribution in [3.8, 4) is 11.5 Å². The molecule has 3 aromatic rings. The Bertz CT molecular complexity index is 987. The molecule has 0 bridgehead atoms. The van der Waals surface area contributed by atoms with Crippen LogP contribution in [-0.4, -0.2) is 35.4 Å². The number of imidazole rings is 1. The Morgan fingerprint density at radius 2 is 1.90 bits per heavy atom. The van der Waals surface area contributed by atoms with Crippen LogP contribution in [0, 0.1) is 0 Å². The lowest BCUT2D eigenvalue weighted by Crippen LogP contribution is -2.24. The fourth-order valence-corrected chi connectivity index (χ4v) is 4.14. The van der Waals surface area contributed by atoms with Crippen LogP contribution in [0.5, 0.6) is 11.5 Å². The number of hydrogen-bond donors (Lipinski definition) is 1. The maximum atomic E-state index is 12.4. The summed E-state index contributed by atoms with van der Waals surface area (Å²) in [5.74, 6) is 1.62. The van der Waals surface area contributed by atoms with Crippen LogP contribution in [0.25, 0.3) is 11.0 Å². The fourth-order valence-electron chi connectivity index (χ4n) is 3.27. The third-order valence-electron chi connectivity index (χ3n) is 4.87. The molecule has 3 rings (SSSR count). The Labute approximate surface area is 182 Å². The Morgan fingerprint density at radius 1 is 1.10 bits per heavy atom. The van der Waals surface area contributed by atoms with Gasteiger partial charge in [0.25, 0.3) is 0 Å². The summed E-state index contributed by atoms with van der Waals surface area (Å²) in [6.45, 7) is 3.56. The molecule has 0 aliphatic heterocycles. The van der Waals surface area contributed by atoms with E-state index in [2.05, 4.69) is 22.9 Å². The van der Waals surface area contributed by atoms with Gasteiger partial charge in [-0.3, -0.25) is 4.79 Å². The number of aryl methyl sites for hydroxylation is 1. The molecule has 160 valence electrons. The van der Waals surface area contributed by atoms with E-state index < -0.39 is 0 Å². The number of rotatable bonds is 11. The Kier molecular flexibility index (Phi) is 8.02. The highest BCUT2D eigenvalue weighted by Crippen LogP contribution is 2.28. The number of nitrogens with zero attached hydrogens (tertiary/aromatic N) is 2. The molecule has 0 fully saturated rings. The SMILES string of the molecule is CCCCCn1c(SCC(=O)NCc2ccc(OC)c(OC)c2)nc2ccccc21. The number of amides is 1. The van der Waals surface area contributed by atoms with Crippen molar-refractivity contribution in [1.82, 2.24) is 14.9 Å². The maximum absolute atomic E-state index is 12.4. The summed E-state index contributed by atoms with van der Waals surface area (Å²) in [5, 5.41) is 3.87. The predicted molar refractivity (Wildman–Crippen MR) is 121 cm³/mol. The number of hydrogen-bond acceptors (Lipinski definition) is 5. The van der Waals surface area contributed by atoms with Gasteiger partial charge in [0.2, 0.25) is 5.91 Å². The van der Waals surface area contributed by atoms with E-state index in [1.165, 1.54) is 24.6 Å². The molecule has 30 heavy (non-hydrogen) atoms. The van der Waals surface area contributed by atoms with Crippen LogP contribution < -0.4 is 14.8 Å². The first-order valence-electron chi connectivity index (χ1n) is 10.2. The van der Waals surface area contributed by atoms with Gasteiger partial charge >= 0.3 is 0 Å². The number of carbonyl (C=O) groups is 1. The molecule has 0 unspecified atom stereocenters. The van der Waals surface area contributed by atoms with Gasteiger partial charge in [-0.2, -0.15) is 0 Å². The fraction of sp³-hybridized carbons (Fsp3) is 0.391. The van der Waals surface area contributed by atoms with Gasteiger partial charge in [0.1, 0.15) is 0 Å². The van der Waals surface area contributed by atoms with Gasteiger partial charge in [-0.25, -0.2) is 4.98 Å². The quantitative estimate of drug-likeness (QED) is 0.356. The molecule has 0 atom stereocenters. The molecule has 0 saturated carbocycles. The smallest absolute Gasteiger partial charge is 0.230 e. The molecule has 7 heteroatoms. The second-order valence-electron chi connectivity index (χ2n) is 7.00. The van der Waals surface area contributed by atoms with Gasteiger partial charge in [0, 0.05) is 13.1 Å². The Morgan fingerprint density at radius 3 is 2.67 bits per heavy atom. The number of benzene rings is 2. The van der Waals surface area contributed by atoms with Gasteiger partial charge in [0.15, 0.2) is 16.7 Å². The number of fused-ring (bicyclic) bond motifs is 1. The van der Waals surface area contributed by atoms with Gasteiger partial charge in [0.05, 0.1) is 31.0 Å². The minimum atomic E-state index is -0.0260. The van der Waals surface area contributed by atoms with Crippen LogP contribution in [-0.2, 0) is 17.9 Å². The van der Waals surface area contributed by atoms with E-state index in [1.807, 2.05) is 36.4 Å². The second-order valence-corrected chi connectivity index (χ2v) is 7.94. The molecule has 0 radical (unpaired) electrons. The molecule has 6 nitrogen and oxygen atoms in total. The van der Waals surface area contributed by atoms with Crippen LogP contribution >= 0.6 is 11.8 Å². The Hall–Kier alpha value is -2.67. The first-order valence-corrected chi connectivity index (χ1v) is 11.2. The number of unbranched alkanes of at least 4 members (excludes halogenated alkanes) is 2. The molecule has 0 aliphatic rings. The largest absolute Gasteiger partial charge is 0.493 e. The predicted octanol–water partition coefficient (Wildman–Crippen LogP) is 4.65. The van der Waals surface area contributed by atoms with Crippen molar-refractivity contribution in [2.75, 3.05) is 20.0 Å². The molecular weight excluding hydrogens is 398 g/mol. The molecular formula is C23H29N3O3S. The zero-order valence-electron chi connectivity index (χ0n) is 17.8. The average Bonchev–Trinajstić information content (AvgIpc) is 3.13. The number of nitrogens with one attached hydrogen (secondary N) is 1. The van der Waals surface area contributed by atoms with Crippen LogP contribution in [0.1, 0.15) is 31.7 Å². The first kappa shape index (κ1) is 22.0. The lowest BCUT2D eigenvalue weighted by molar-refractivity contribution is -0.118. The van der Waals surface area contributed by atoms with E-state index in [9.17, 15) is 4.79 Å². The van der Waals surface area contributed by atoms with Crippen LogP contribution in [0.4, 0.5) is 0 Å². The van der Waals surface area contributed by atoms with Gasteiger partial charge < -0.3 is 19.4 Å². The average molecular weight is 428 g/mol. The number of para-hydroxylation sites is 2. The van der Waals surface area contributed by atoms with Crippen molar-refractivity contribution in [2.24, 2.45) is 0 Å². The highest BCUT2D eigenvalue weighted by atomic mass is 32.2. The number of methoxy groups -OCH3 is 2. The van der Waals surface area contributed by atoms with Crippen molar-refractivity contribution in [3.63, 3.8) is 0 Å². The Balaban J connectivity index is 1.60. The number of aromatic nitrogens is 2. The normalized spacial score (nSPS) is 10.9. The molecule has 1 heterocycles. The summed E-state index contributed by atoms with van der Waals surface area (Å²) in [5.41, 5.74) is 3.06. The third kappa shape index (κ3) is 5.48. The van der Waals surface area contributed by atoms with Crippen LogP contribution in [0.3, 0.4) is 0 Å². The summed E-state index contributed by atoms with van der Waals surface area (Å²) in [7, 11) is 3.20. The number of thioether (sulfide) groups is 1. The summed E-state index contributed by atoms with van der Waals surface area (Å²) in [6.07, 6.45) is 3.46. The monoisotopic (exact) mass is 427 g/mol. The summed E-state index contributed by atoms with van der Waals surface area (Å²) in [4.78, 5) is 17.2. The summed E-state index contributed by atoms with van der Waals surface area (Å²) < 4.78 is 12.8. The van der Waals surface area contributed by atoms with Crippen molar-refractivity contribution in [3.05, 3.63) is 48.0 Å². The molecule has 1 aromatic heterocycles. The van der Waals surface area contributed by atoms with E-state index in [-0.39, 0.29) is 5.91 Å². The third-order valence-corrected chi connectivity index (χ3v) is 5.85.